The lowest BCUT2D eigenvalue weighted by atomic mass is 10.4. The average molecular weight is 456 g/mol. The molecule has 0 aliphatic heterocycles. The molecule has 23 heavy (non-hydrogen) atoms. The topological polar surface area (TPSA) is 91.8 Å². The van der Waals surface area contributed by atoms with Gasteiger partial charge in [0.1, 0.15) is 0 Å². The van der Waals surface area contributed by atoms with Crippen molar-refractivity contribution >= 4 is 40.0 Å². The van der Waals surface area contributed by atoms with Gasteiger partial charge in [0, 0.05) is 26.7 Å². The van der Waals surface area contributed by atoms with Crippen molar-refractivity contribution in [3.63, 3.8) is 0 Å². The molecule has 0 unspecified atom stereocenters. The number of methoxy groups -OCH3 is 1. The lowest BCUT2D eigenvalue weighted by molar-refractivity contribution is 0.203. The fourth-order valence-corrected chi connectivity index (χ4v) is 2.69. The number of hydrogen-bond donors (Lipinski definition) is 3. The van der Waals surface area contributed by atoms with E-state index in [9.17, 15) is 8.42 Å². The van der Waals surface area contributed by atoms with Gasteiger partial charge < -0.3 is 15.4 Å². The quantitative estimate of drug-likeness (QED) is 0.221. The number of guanidine groups is 1. The van der Waals surface area contributed by atoms with Crippen LogP contribution in [0.3, 0.4) is 0 Å². The number of benzene rings is 1. The fourth-order valence-electron chi connectivity index (χ4n) is 1.64. The van der Waals surface area contributed by atoms with Gasteiger partial charge in [0.15, 0.2) is 5.96 Å². The number of sulfonamides is 1. The van der Waals surface area contributed by atoms with Crippen LogP contribution in [0, 0.1) is 0 Å². The van der Waals surface area contributed by atoms with Crippen molar-refractivity contribution in [1.29, 1.82) is 0 Å². The summed E-state index contributed by atoms with van der Waals surface area (Å²) in [5.74, 6) is 0.637. The zero-order chi connectivity index (χ0) is 16.3. The maximum Gasteiger partial charge on any atom is 0.240 e. The van der Waals surface area contributed by atoms with E-state index in [1.807, 2.05) is 6.92 Å². The third kappa shape index (κ3) is 9.08. The molecule has 0 amide bonds. The smallest absolute Gasteiger partial charge is 0.240 e. The Morgan fingerprint density at radius 2 is 1.87 bits per heavy atom. The standard InChI is InChI=1S/C14H24N4O3S.HI/c1-3-15-14(17-11-12-21-2)16-9-10-18-22(19,20)13-7-5-4-6-8-13;/h4-8,18H,3,9-12H2,1-2H3,(H2,15,16,17);1H. The second-order valence-electron chi connectivity index (χ2n) is 4.39. The van der Waals surface area contributed by atoms with Gasteiger partial charge in [0.25, 0.3) is 0 Å². The van der Waals surface area contributed by atoms with Gasteiger partial charge in [-0.15, -0.1) is 24.0 Å². The van der Waals surface area contributed by atoms with E-state index >= 15 is 0 Å². The highest BCUT2D eigenvalue weighted by Crippen LogP contribution is 2.06. The van der Waals surface area contributed by atoms with Crippen LogP contribution in [-0.4, -0.2) is 54.3 Å². The van der Waals surface area contributed by atoms with Crippen LogP contribution in [0.1, 0.15) is 6.92 Å². The minimum Gasteiger partial charge on any atom is -0.383 e. The number of halogens is 1. The number of nitrogens with zero attached hydrogens (tertiary/aromatic N) is 1. The summed E-state index contributed by atoms with van der Waals surface area (Å²) < 4.78 is 31.5. The van der Waals surface area contributed by atoms with Crippen LogP contribution < -0.4 is 15.4 Å². The molecule has 3 N–H and O–H groups in total. The molecular weight excluding hydrogens is 431 g/mol. The Bertz CT molecular complexity index is 552. The minimum absolute atomic E-state index is 0. The molecule has 1 aromatic rings. The molecule has 0 aliphatic rings. The zero-order valence-corrected chi connectivity index (χ0v) is 16.6. The normalized spacial score (nSPS) is 11.7. The van der Waals surface area contributed by atoms with Gasteiger partial charge >= 0.3 is 0 Å². The first-order chi connectivity index (χ1) is 10.6. The molecule has 0 aliphatic carbocycles. The van der Waals surface area contributed by atoms with Crippen LogP contribution in [0.5, 0.6) is 0 Å². The number of hydrogen-bond acceptors (Lipinski definition) is 4. The lowest BCUT2D eigenvalue weighted by Gasteiger charge is -2.11. The molecule has 9 heteroatoms. The Morgan fingerprint density at radius 3 is 2.48 bits per heavy atom. The molecule has 0 bridgehead atoms. The Balaban J connectivity index is 0.00000484. The molecule has 132 valence electrons. The summed E-state index contributed by atoms with van der Waals surface area (Å²) in [4.78, 5) is 4.55. The SMILES string of the molecule is CCNC(=NCCNS(=O)(=O)c1ccccc1)NCCOC.I. The Hall–Kier alpha value is -0.910. The predicted octanol–water partition coefficient (Wildman–Crippen LogP) is 0.784. The third-order valence-electron chi connectivity index (χ3n) is 2.67. The van der Waals surface area contributed by atoms with E-state index in [2.05, 4.69) is 20.3 Å². The van der Waals surface area contributed by atoms with Crippen molar-refractivity contribution in [2.45, 2.75) is 11.8 Å². The minimum atomic E-state index is -3.47. The summed E-state index contributed by atoms with van der Waals surface area (Å²) >= 11 is 0. The van der Waals surface area contributed by atoms with E-state index in [4.69, 9.17) is 4.74 Å². The first-order valence-corrected chi connectivity index (χ1v) is 8.64. The summed E-state index contributed by atoms with van der Waals surface area (Å²) in [7, 11) is -1.84. The van der Waals surface area contributed by atoms with E-state index in [0.717, 1.165) is 6.54 Å². The Labute approximate surface area is 155 Å². The molecule has 0 aromatic heterocycles. The summed E-state index contributed by atoms with van der Waals surface area (Å²) in [6.45, 7) is 4.48. The molecule has 7 nitrogen and oxygen atoms in total. The summed E-state index contributed by atoms with van der Waals surface area (Å²) in [5, 5.41) is 6.16. The largest absolute Gasteiger partial charge is 0.383 e. The molecule has 0 saturated carbocycles. The van der Waals surface area contributed by atoms with Gasteiger partial charge in [-0.25, -0.2) is 13.1 Å². The van der Waals surface area contributed by atoms with Crippen molar-refractivity contribution in [1.82, 2.24) is 15.4 Å². The number of nitrogens with one attached hydrogen (secondary N) is 3. The van der Waals surface area contributed by atoms with Gasteiger partial charge in [0.2, 0.25) is 10.0 Å². The van der Waals surface area contributed by atoms with E-state index in [1.165, 1.54) is 0 Å². The zero-order valence-electron chi connectivity index (χ0n) is 13.4. The second kappa shape index (κ2) is 12.5. The molecule has 1 aromatic carbocycles. The van der Waals surface area contributed by atoms with Gasteiger partial charge in [-0.05, 0) is 19.1 Å². The van der Waals surface area contributed by atoms with E-state index in [-0.39, 0.29) is 35.4 Å². The van der Waals surface area contributed by atoms with Crippen LogP contribution in [0.25, 0.3) is 0 Å². The maximum atomic E-state index is 12.0. The number of ether oxygens (including phenoxy) is 1. The molecule has 0 atom stereocenters. The van der Waals surface area contributed by atoms with Gasteiger partial charge in [-0.3, -0.25) is 4.99 Å². The first-order valence-electron chi connectivity index (χ1n) is 7.16. The van der Waals surface area contributed by atoms with Gasteiger partial charge in [0.05, 0.1) is 18.0 Å². The Morgan fingerprint density at radius 1 is 1.17 bits per heavy atom. The van der Waals surface area contributed by atoms with Crippen molar-refractivity contribution in [2.24, 2.45) is 4.99 Å². The third-order valence-corrected chi connectivity index (χ3v) is 4.15. The molecule has 0 fully saturated rings. The van der Waals surface area contributed by atoms with Crippen LogP contribution in [-0.2, 0) is 14.8 Å². The van der Waals surface area contributed by atoms with Crippen molar-refractivity contribution in [3.8, 4) is 0 Å². The van der Waals surface area contributed by atoms with Crippen molar-refractivity contribution in [3.05, 3.63) is 30.3 Å². The van der Waals surface area contributed by atoms with Crippen LogP contribution >= 0.6 is 24.0 Å². The highest BCUT2D eigenvalue weighted by atomic mass is 127. The maximum absolute atomic E-state index is 12.0. The van der Waals surface area contributed by atoms with Crippen LogP contribution in [0.15, 0.2) is 40.2 Å². The second-order valence-corrected chi connectivity index (χ2v) is 6.16. The summed E-state index contributed by atoms with van der Waals surface area (Å²) in [6, 6.07) is 8.27. The van der Waals surface area contributed by atoms with Crippen LogP contribution in [0.2, 0.25) is 0 Å². The highest BCUT2D eigenvalue weighted by Gasteiger charge is 2.11. The summed E-state index contributed by atoms with van der Waals surface area (Å²) in [5.41, 5.74) is 0. The number of aliphatic imine (C=N–C) groups is 1. The fraction of sp³-hybridized carbons (Fsp3) is 0.500. The average Bonchev–Trinajstić information content (AvgIpc) is 2.52. The monoisotopic (exact) mass is 456 g/mol. The molecule has 0 radical (unpaired) electrons. The molecule has 1 rings (SSSR count). The van der Waals surface area contributed by atoms with Gasteiger partial charge in [-0.1, -0.05) is 18.2 Å². The lowest BCUT2D eigenvalue weighted by Crippen LogP contribution is -2.39. The highest BCUT2D eigenvalue weighted by molar-refractivity contribution is 14.0. The van der Waals surface area contributed by atoms with E-state index in [0.29, 0.717) is 25.7 Å². The molecule has 0 spiro atoms. The number of rotatable bonds is 9. The molecule has 0 saturated heterocycles. The first kappa shape index (κ1) is 22.1. The molecular formula is C14H25IN4O3S. The van der Waals surface area contributed by atoms with E-state index in [1.54, 1.807) is 37.4 Å². The predicted molar refractivity (Wildman–Crippen MR) is 103 cm³/mol. The van der Waals surface area contributed by atoms with Crippen molar-refractivity contribution < 1.29 is 13.2 Å². The van der Waals surface area contributed by atoms with Crippen LogP contribution in [0.4, 0.5) is 0 Å². The Kier molecular flexibility index (Phi) is 12.0. The van der Waals surface area contributed by atoms with Crippen molar-refractivity contribution in [2.75, 3.05) is 39.9 Å². The molecule has 0 heterocycles. The summed E-state index contributed by atoms with van der Waals surface area (Å²) in [6.07, 6.45) is 0. The van der Waals surface area contributed by atoms with Gasteiger partial charge in [-0.2, -0.15) is 0 Å². The van der Waals surface area contributed by atoms with E-state index < -0.39 is 10.0 Å².